The summed E-state index contributed by atoms with van der Waals surface area (Å²) in [6.45, 7) is 3.68. The first-order valence-corrected chi connectivity index (χ1v) is 7.00. The zero-order chi connectivity index (χ0) is 11.3. The normalized spacial score (nSPS) is 22.8. The maximum atomic E-state index is 11.8. The number of morpholine rings is 1. The Balaban J connectivity index is 0.00000225. The number of ether oxygens (including phenoxy) is 1. The average molecular weight is 273 g/mol. The van der Waals surface area contributed by atoms with Gasteiger partial charge in [-0.25, -0.2) is 8.42 Å². The lowest BCUT2D eigenvalue weighted by atomic mass is 10.3. The van der Waals surface area contributed by atoms with Gasteiger partial charge in [0, 0.05) is 19.6 Å². The van der Waals surface area contributed by atoms with E-state index in [0.717, 1.165) is 6.42 Å². The van der Waals surface area contributed by atoms with Gasteiger partial charge in [0.25, 0.3) is 0 Å². The van der Waals surface area contributed by atoms with E-state index in [-0.39, 0.29) is 24.3 Å². The molecular formula is C9H21ClN2O3S. The van der Waals surface area contributed by atoms with Gasteiger partial charge in [-0.15, -0.1) is 12.4 Å². The van der Waals surface area contributed by atoms with Crippen molar-refractivity contribution in [3.05, 3.63) is 0 Å². The minimum Gasteiger partial charge on any atom is -0.374 e. The molecule has 0 aromatic rings. The molecule has 16 heavy (non-hydrogen) atoms. The first-order valence-electron chi connectivity index (χ1n) is 5.39. The molecule has 0 amide bonds. The van der Waals surface area contributed by atoms with Crippen molar-refractivity contribution in [1.29, 1.82) is 0 Å². The summed E-state index contributed by atoms with van der Waals surface area (Å²) >= 11 is 0. The average Bonchev–Trinajstić information content (AvgIpc) is 2.26. The Bertz CT molecular complexity index is 284. The molecule has 1 atom stereocenters. The van der Waals surface area contributed by atoms with Crippen LogP contribution in [-0.4, -0.2) is 50.8 Å². The van der Waals surface area contributed by atoms with Crippen molar-refractivity contribution in [2.45, 2.75) is 25.9 Å². The van der Waals surface area contributed by atoms with Gasteiger partial charge >= 0.3 is 0 Å². The Morgan fingerprint density at radius 1 is 1.50 bits per heavy atom. The van der Waals surface area contributed by atoms with Gasteiger partial charge in [-0.3, -0.25) is 0 Å². The molecule has 0 saturated carbocycles. The van der Waals surface area contributed by atoms with Crippen molar-refractivity contribution in [3.63, 3.8) is 0 Å². The molecule has 1 aliphatic rings. The summed E-state index contributed by atoms with van der Waals surface area (Å²) in [5.74, 6) is 0.237. The fourth-order valence-corrected chi connectivity index (χ4v) is 3.20. The molecule has 1 rings (SSSR count). The molecule has 0 aromatic carbocycles. The number of nitrogens with two attached hydrogens (primary N) is 1. The fraction of sp³-hybridized carbons (Fsp3) is 1.00. The van der Waals surface area contributed by atoms with Crippen molar-refractivity contribution in [3.8, 4) is 0 Å². The van der Waals surface area contributed by atoms with Crippen LogP contribution in [0.2, 0.25) is 0 Å². The van der Waals surface area contributed by atoms with Gasteiger partial charge in [0.1, 0.15) is 0 Å². The highest BCUT2D eigenvalue weighted by molar-refractivity contribution is 7.89. The lowest BCUT2D eigenvalue weighted by Gasteiger charge is -2.31. The van der Waals surface area contributed by atoms with Crippen LogP contribution in [0.1, 0.15) is 19.8 Å². The van der Waals surface area contributed by atoms with Gasteiger partial charge in [0.2, 0.25) is 10.0 Å². The molecule has 0 bridgehead atoms. The number of hydrogen-bond acceptors (Lipinski definition) is 4. The van der Waals surface area contributed by atoms with Crippen LogP contribution in [-0.2, 0) is 14.8 Å². The van der Waals surface area contributed by atoms with Crippen molar-refractivity contribution < 1.29 is 13.2 Å². The molecule has 1 unspecified atom stereocenters. The Morgan fingerprint density at radius 2 is 2.19 bits per heavy atom. The van der Waals surface area contributed by atoms with Gasteiger partial charge < -0.3 is 10.5 Å². The predicted molar refractivity (Wildman–Crippen MR) is 66.3 cm³/mol. The van der Waals surface area contributed by atoms with E-state index in [4.69, 9.17) is 10.5 Å². The van der Waals surface area contributed by atoms with Crippen LogP contribution in [0, 0.1) is 0 Å². The summed E-state index contributed by atoms with van der Waals surface area (Å²) in [5, 5.41) is 0. The molecule has 1 aliphatic heterocycles. The maximum Gasteiger partial charge on any atom is 0.214 e. The largest absolute Gasteiger partial charge is 0.374 e. The molecule has 0 spiro atoms. The Morgan fingerprint density at radius 3 is 2.75 bits per heavy atom. The van der Waals surface area contributed by atoms with Crippen molar-refractivity contribution >= 4 is 22.4 Å². The Labute approximate surface area is 104 Å². The second-order valence-corrected chi connectivity index (χ2v) is 5.84. The van der Waals surface area contributed by atoms with E-state index in [9.17, 15) is 8.42 Å². The predicted octanol–water partition coefficient (Wildman–Crippen LogP) is 0.198. The van der Waals surface area contributed by atoms with Gasteiger partial charge in [0.05, 0.1) is 18.5 Å². The molecule has 2 N–H and O–H groups in total. The van der Waals surface area contributed by atoms with E-state index in [1.807, 2.05) is 6.92 Å². The van der Waals surface area contributed by atoms with E-state index in [1.165, 1.54) is 4.31 Å². The van der Waals surface area contributed by atoms with Gasteiger partial charge in [0.15, 0.2) is 0 Å². The third-order valence-corrected chi connectivity index (χ3v) is 4.44. The Kier molecular flexibility index (Phi) is 7.50. The second kappa shape index (κ2) is 7.45. The standard InChI is InChI=1S/C9H20N2O3S.ClH/c1-2-3-6-15(12,13)11-4-5-14-9(7-10)8-11;/h9H,2-8,10H2,1H3;1H. The summed E-state index contributed by atoms with van der Waals surface area (Å²) in [6.07, 6.45) is 1.46. The summed E-state index contributed by atoms with van der Waals surface area (Å²) in [4.78, 5) is 0. The molecule has 1 saturated heterocycles. The first kappa shape index (κ1) is 16.1. The van der Waals surface area contributed by atoms with Crippen LogP contribution in [0.5, 0.6) is 0 Å². The second-order valence-electron chi connectivity index (χ2n) is 3.76. The zero-order valence-corrected chi connectivity index (χ0v) is 11.2. The van der Waals surface area contributed by atoms with E-state index in [0.29, 0.717) is 32.7 Å². The van der Waals surface area contributed by atoms with E-state index in [2.05, 4.69) is 0 Å². The van der Waals surface area contributed by atoms with Crippen molar-refractivity contribution in [2.24, 2.45) is 5.73 Å². The molecule has 98 valence electrons. The van der Waals surface area contributed by atoms with E-state index >= 15 is 0 Å². The zero-order valence-electron chi connectivity index (χ0n) is 9.59. The summed E-state index contributed by atoms with van der Waals surface area (Å²) < 4.78 is 30.5. The smallest absolute Gasteiger partial charge is 0.214 e. The van der Waals surface area contributed by atoms with Gasteiger partial charge in [-0.05, 0) is 6.42 Å². The van der Waals surface area contributed by atoms with Crippen LogP contribution in [0.4, 0.5) is 0 Å². The van der Waals surface area contributed by atoms with Gasteiger partial charge in [-0.1, -0.05) is 13.3 Å². The lowest BCUT2D eigenvalue weighted by molar-refractivity contribution is 0.00451. The summed E-state index contributed by atoms with van der Waals surface area (Å²) in [6, 6.07) is 0. The van der Waals surface area contributed by atoms with Crippen molar-refractivity contribution in [1.82, 2.24) is 4.31 Å². The fourth-order valence-electron chi connectivity index (χ4n) is 1.54. The molecular weight excluding hydrogens is 252 g/mol. The van der Waals surface area contributed by atoms with Crippen molar-refractivity contribution in [2.75, 3.05) is 32.0 Å². The minimum atomic E-state index is -3.09. The number of unbranched alkanes of at least 4 members (excludes halogenated alkanes) is 1. The number of rotatable bonds is 5. The topological polar surface area (TPSA) is 72.6 Å². The highest BCUT2D eigenvalue weighted by Gasteiger charge is 2.28. The number of hydrogen-bond donors (Lipinski definition) is 1. The Hall–Kier alpha value is 0.120. The van der Waals surface area contributed by atoms with E-state index in [1.54, 1.807) is 0 Å². The van der Waals surface area contributed by atoms with Crippen LogP contribution in [0.25, 0.3) is 0 Å². The van der Waals surface area contributed by atoms with Crippen LogP contribution >= 0.6 is 12.4 Å². The number of sulfonamides is 1. The number of halogens is 1. The highest BCUT2D eigenvalue weighted by Crippen LogP contribution is 2.11. The third kappa shape index (κ3) is 4.55. The number of nitrogens with zero attached hydrogens (tertiary/aromatic N) is 1. The molecule has 0 radical (unpaired) electrons. The first-order chi connectivity index (χ1) is 7.10. The minimum absolute atomic E-state index is 0. The SMILES string of the molecule is CCCCS(=O)(=O)N1CCOC(CN)C1.Cl. The monoisotopic (exact) mass is 272 g/mol. The summed E-state index contributed by atoms with van der Waals surface area (Å²) in [5.41, 5.74) is 5.46. The van der Waals surface area contributed by atoms with E-state index < -0.39 is 10.0 Å². The van der Waals surface area contributed by atoms with Crippen LogP contribution < -0.4 is 5.73 Å². The molecule has 5 nitrogen and oxygen atoms in total. The van der Waals surface area contributed by atoms with Gasteiger partial charge in [-0.2, -0.15) is 4.31 Å². The highest BCUT2D eigenvalue weighted by atomic mass is 35.5. The molecule has 0 aliphatic carbocycles. The molecule has 7 heteroatoms. The van der Waals surface area contributed by atoms with Crippen LogP contribution in [0.3, 0.4) is 0 Å². The quantitative estimate of drug-likeness (QED) is 0.776. The molecule has 1 fully saturated rings. The molecule has 1 heterocycles. The third-order valence-electron chi connectivity index (χ3n) is 2.51. The molecule has 0 aromatic heterocycles. The van der Waals surface area contributed by atoms with Crippen LogP contribution in [0.15, 0.2) is 0 Å². The lowest BCUT2D eigenvalue weighted by Crippen LogP contribution is -2.48. The maximum absolute atomic E-state index is 11.8. The summed E-state index contributed by atoms with van der Waals surface area (Å²) in [7, 11) is -3.09.